The van der Waals surface area contributed by atoms with Crippen LogP contribution in [0.5, 0.6) is 0 Å². The normalized spacial score (nSPS) is 13.2. The SMILES string of the molecule is COC(=O)CC[C@@H](NS(C)(=O)=O)C(=O)O. The lowest BCUT2D eigenvalue weighted by atomic mass is 10.2. The summed E-state index contributed by atoms with van der Waals surface area (Å²) in [5, 5.41) is 8.64. The third-order valence-electron chi connectivity index (χ3n) is 1.52. The van der Waals surface area contributed by atoms with Crippen molar-refractivity contribution in [2.75, 3.05) is 13.4 Å². The molecule has 0 rings (SSSR count). The van der Waals surface area contributed by atoms with Crippen LogP contribution < -0.4 is 4.72 Å². The second-order valence-electron chi connectivity index (χ2n) is 2.90. The minimum absolute atomic E-state index is 0.144. The van der Waals surface area contributed by atoms with Gasteiger partial charge in [0.05, 0.1) is 13.4 Å². The molecule has 0 aliphatic rings. The molecule has 1 atom stereocenters. The minimum atomic E-state index is -3.61. The zero-order chi connectivity index (χ0) is 12.1. The summed E-state index contributed by atoms with van der Waals surface area (Å²) in [6.45, 7) is 0. The first-order valence-electron chi connectivity index (χ1n) is 4.03. The van der Waals surface area contributed by atoms with E-state index in [2.05, 4.69) is 4.74 Å². The van der Waals surface area contributed by atoms with Crippen molar-refractivity contribution in [3.8, 4) is 0 Å². The van der Waals surface area contributed by atoms with Gasteiger partial charge in [-0.1, -0.05) is 0 Å². The predicted molar refractivity (Wildman–Crippen MR) is 50.7 cm³/mol. The van der Waals surface area contributed by atoms with Crippen LogP contribution >= 0.6 is 0 Å². The van der Waals surface area contributed by atoms with Crippen molar-refractivity contribution >= 4 is 22.0 Å². The first-order chi connectivity index (χ1) is 6.76. The van der Waals surface area contributed by atoms with Gasteiger partial charge in [-0.3, -0.25) is 9.59 Å². The Labute approximate surface area is 87.5 Å². The molecular weight excluding hydrogens is 226 g/mol. The number of carbonyl (C=O) groups is 2. The summed E-state index contributed by atoms with van der Waals surface area (Å²) in [7, 11) is -2.44. The minimum Gasteiger partial charge on any atom is -0.480 e. The molecule has 0 bridgehead atoms. The van der Waals surface area contributed by atoms with Crippen LogP contribution in [0, 0.1) is 0 Å². The van der Waals surface area contributed by atoms with Gasteiger partial charge in [-0.05, 0) is 6.42 Å². The molecule has 8 heteroatoms. The van der Waals surface area contributed by atoms with Crippen LogP contribution in [0.2, 0.25) is 0 Å². The number of hydrogen-bond donors (Lipinski definition) is 2. The molecule has 0 saturated carbocycles. The van der Waals surface area contributed by atoms with Crippen LogP contribution in [0.25, 0.3) is 0 Å². The Morgan fingerprint density at radius 3 is 2.33 bits per heavy atom. The first kappa shape index (κ1) is 13.8. The van der Waals surface area contributed by atoms with Crippen molar-refractivity contribution in [3.05, 3.63) is 0 Å². The van der Waals surface area contributed by atoms with Crippen molar-refractivity contribution in [1.29, 1.82) is 0 Å². The summed E-state index contributed by atoms with van der Waals surface area (Å²) in [5.41, 5.74) is 0. The van der Waals surface area contributed by atoms with Crippen LogP contribution in [0.15, 0.2) is 0 Å². The number of methoxy groups -OCH3 is 1. The molecule has 0 heterocycles. The largest absolute Gasteiger partial charge is 0.480 e. The molecule has 88 valence electrons. The smallest absolute Gasteiger partial charge is 0.321 e. The number of hydrogen-bond acceptors (Lipinski definition) is 5. The Hall–Kier alpha value is -1.15. The van der Waals surface area contributed by atoms with Gasteiger partial charge in [-0.15, -0.1) is 0 Å². The molecule has 15 heavy (non-hydrogen) atoms. The topological polar surface area (TPSA) is 110 Å². The molecule has 0 aromatic heterocycles. The predicted octanol–water partition coefficient (Wildman–Crippen LogP) is -1.06. The van der Waals surface area contributed by atoms with Crippen molar-refractivity contribution in [3.63, 3.8) is 0 Å². The van der Waals surface area contributed by atoms with Gasteiger partial charge in [0, 0.05) is 6.42 Å². The van der Waals surface area contributed by atoms with Gasteiger partial charge >= 0.3 is 11.9 Å². The standard InChI is InChI=1S/C7H13NO6S/c1-14-6(9)4-3-5(7(10)11)8-15(2,12)13/h5,8H,3-4H2,1-2H3,(H,10,11)/t5-/m1/s1. The van der Waals surface area contributed by atoms with Gasteiger partial charge in [0.2, 0.25) is 10.0 Å². The molecule has 7 nitrogen and oxygen atoms in total. The van der Waals surface area contributed by atoms with E-state index in [1.807, 2.05) is 4.72 Å². The second-order valence-corrected chi connectivity index (χ2v) is 4.68. The van der Waals surface area contributed by atoms with E-state index >= 15 is 0 Å². The van der Waals surface area contributed by atoms with Crippen LogP contribution in [0.4, 0.5) is 0 Å². The highest BCUT2D eigenvalue weighted by molar-refractivity contribution is 7.88. The Morgan fingerprint density at radius 1 is 1.47 bits per heavy atom. The molecule has 0 saturated heterocycles. The summed E-state index contributed by atoms with van der Waals surface area (Å²) in [6.07, 6.45) is 0.548. The molecule has 0 spiro atoms. The van der Waals surface area contributed by atoms with Gasteiger partial charge in [-0.2, -0.15) is 0 Å². The summed E-state index contributed by atoms with van der Waals surface area (Å²) in [4.78, 5) is 21.3. The number of carboxylic acid groups (broad SMARTS) is 1. The molecular formula is C7H13NO6S. The third kappa shape index (κ3) is 6.86. The van der Waals surface area contributed by atoms with Crippen LogP contribution in [-0.4, -0.2) is 44.9 Å². The van der Waals surface area contributed by atoms with Crippen molar-refractivity contribution < 1.29 is 27.9 Å². The Balaban J connectivity index is 4.31. The Morgan fingerprint density at radius 2 is 2.00 bits per heavy atom. The molecule has 0 aromatic carbocycles. The van der Waals surface area contributed by atoms with E-state index in [9.17, 15) is 18.0 Å². The monoisotopic (exact) mass is 239 g/mol. The third-order valence-corrected chi connectivity index (χ3v) is 2.23. The number of carboxylic acids is 1. The van der Waals surface area contributed by atoms with Crippen molar-refractivity contribution in [2.45, 2.75) is 18.9 Å². The fraction of sp³-hybridized carbons (Fsp3) is 0.714. The average molecular weight is 239 g/mol. The van der Waals surface area contributed by atoms with Crippen LogP contribution in [0.3, 0.4) is 0 Å². The zero-order valence-electron chi connectivity index (χ0n) is 8.39. The average Bonchev–Trinajstić information content (AvgIpc) is 2.09. The highest BCUT2D eigenvalue weighted by atomic mass is 32.2. The highest BCUT2D eigenvalue weighted by Gasteiger charge is 2.22. The number of rotatable bonds is 6. The molecule has 2 N–H and O–H groups in total. The van der Waals surface area contributed by atoms with Crippen LogP contribution in [-0.2, 0) is 24.3 Å². The zero-order valence-corrected chi connectivity index (χ0v) is 9.20. The van der Waals surface area contributed by atoms with E-state index in [-0.39, 0.29) is 12.8 Å². The number of sulfonamides is 1. The molecule has 0 unspecified atom stereocenters. The van der Waals surface area contributed by atoms with Crippen LogP contribution in [0.1, 0.15) is 12.8 Å². The Kier molecular flexibility index (Phi) is 5.23. The summed E-state index contributed by atoms with van der Waals surface area (Å²) in [5.74, 6) is -1.92. The van der Waals surface area contributed by atoms with Gasteiger partial charge in [0.1, 0.15) is 6.04 Å². The summed E-state index contributed by atoms with van der Waals surface area (Å²) in [6, 6.07) is -1.31. The lowest BCUT2D eigenvalue weighted by Crippen LogP contribution is -2.40. The lowest BCUT2D eigenvalue weighted by Gasteiger charge is -2.11. The van der Waals surface area contributed by atoms with Crippen molar-refractivity contribution in [2.24, 2.45) is 0 Å². The maximum Gasteiger partial charge on any atom is 0.321 e. The molecule has 0 radical (unpaired) electrons. The van der Waals surface area contributed by atoms with E-state index in [4.69, 9.17) is 5.11 Å². The second kappa shape index (κ2) is 5.66. The molecule has 0 aliphatic carbocycles. The highest BCUT2D eigenvalue weighted by Crippen LogP contribution is 2.00. The first-order valence-corrected chi connectivity index (χ1v) is 5.92. The molecule has 0 amide bonds. The molecule has 0 fully saturated rings. The van der Waals surface area contributed by atoms with E-state index in [0.29, 0.717) is 0 Å². The van der Waals surface area contributed by atoms with E-state index in [1.165, 1.54) is 7.11 Å². The number of esters is 1. The summed E-state index contributed by atoms with van der Waals surface area (Å²) < 4.78 is 27.7. The quantitative estimate of drug-likeness (QED) is 0.572. The molecule has 0 aromatic rings. The number of nitrogens with one attached hydrogen (secondary N) is 1. The fourth-order valence-electron chi connectivity index (χ4n) is 0.855. The van der Waals surface area contributed by atoms with Crippen molar-refractivity contribution in [1.82, 2.24) is 4.72 Å². The molecule has 0 aliphatic heterocycles. The van der Waals surface area contributed by atoms with Gasteiger partial charge in [0.15, 0.2) is 0 Å². The Bertz CT molecular complexity index is 335. The lowest BCUT2D eigenvalue weighted by molar-refractivity contribution is -0.142. The van der Waals surface area contributed by atoms with E-state index < -0.39 is 28.0 Å². The summed E-state index contributed by atoms with van der Waals surface area (Å²) >= 11 is 0. The van der Waals surface area contributed by atoms with E-state index in [0.717, 1.165) is 6.26 Å². The van der Waals surface area contributed by atoms with E-state index in [1.54, 1.807) is 0 Å². The van der Waals surface area contributed by atoms with Gasteiger partial charge in [-0.25, -0.2) is 13.1 Å². The number of carbonyl (C=O) groups excluding carboxylic acids is 1. The number of aliphatic carboxylic acids is 1. The van der Waals surface area contributed by atoms with Gasteiger partial charge < -0.3 is 9.84 Å². The maximum atomic E-state index is 10.8. The maximum absolute atomic E-state index is 10.8. The van der Waals surface area contributed by atoms with Gasteiger partial charge in [0.25, 0.3) is 0 Å². The number of ether oxygens (including phenoxy) is 1. The fourth-order valence-corrected chi connectivity index (χ4v) is 1.59.